The SMILES string of the molecule is [V].[V].[W].[Y]. The van der Waals surface area contributed by atoms with Gasteiger partial charge in [0.25, 0.3) is 0 Å². The van der Waals surface area contributed by atoms with Crippen LogP contribution in [0.2, 0.25) is 0 Å². The fourth-order valence-electron chi connectivity index (χ4n) is 0. The van der Waals surface area contributed by atoms with Gasteiger partial charge in [-0.05, 0) is 0 Å². The Hall–Kier alpha value is 2.96. The molecule has 0 heterocycles. The third-order valence-electron chi connectivity index (χ3n) is 0. The maximum Gasteiger partial charge on any atom is 0 e. The van der Waals surface area contributed by atoms with Gasteiger partial charge in [-0.15, -0.1) is 0 Å². The number of rotatable bonds is 0. The molecule has 4 heavy (non-hydrogen) atoms. The molecule has 0 aromatic heterocycles. The first-order chi connectivity index (χ1) is 0. The monoisotopic (exact) mass is 375 g/mol. The van der Waals surface area contributed by atoms with Crippen molar-refractivity contribution >= 4 is 0 Å². The summed E-state index contributed by atoms with van der Waals surface area (Å²) in [6.07, 6.45) is 0. The second kappa shape index (κ2) is 16.7. The topological polar surface area (TPSA) is 0 Å². The Morgan fingerprint density at radius 2 is 0.750 bits per heavy atom. The third kappa shape index (κ3) is 8.88. The van der Waals surface area contributed by atoms with Gasteiger partial charge in [0.1, 0.15) is 0 Å². The van der Waals surface area contributed by atoms with Crippen molar-refractivity contribution in [1.29, 1.82) is 0 Å². The normalized spacial score (nSPS) is 0. The third-order valence-corrected chi connectivity index (χ3v) is 0. The van der Waals surface area contributed by atoms with Gasteiger partial charge in [0.15, 0.2) is 0 Å². The van der Waals surface area contributed by atoms with Crippen LogP contribution in [0, 0.1) is 0 Å². The largest absolute Gasteiger partial charge is 0 e. The Kier molecular flexibility index (Phi) is 118. The summed E-state index contributed by atoms with van der Waals surface area (Å²) in [4.78, 5) is 0. The second-order valence-electron chi connectivity index (χ2n) is 0. The first-order valence-electron chi connectivity index (χ1n) is 0. The van der Waals surface area contributed by atoms with Crippen molar-refractivity contribution in [3.05, 3.63) is 0 Å². The van der Waals surface area contributed by atoms with E-state index >= 15 is 0 Å². The minimum absolute atomic E-state index is 0. The summed E-state index contributed by atoms with van der Waals surface area (Å²) < 4.78 is 0. The predicted molar refractivity (Wildman–Crippen MR) is 0 cm³/mol. The minimum atomic E-state index is 0. The molecule has 0 bridgehead atoms. The molecule has 4 heteroatoms. The van der Waals surface area contributed by atoms with Gasteiger partial charge >= 0.3 is 0 Å². The zero-order chi connectivity index (χ0) is 0. The maximum absolute atomic E-state index is 0. The summed E-state index contributed by atoms with van der Waals surface area (Å²) in [7, 11) is 0. The van der Waals surface area contributed by atoms with Crippen molar-refractivity contribution in [3.63, 3.8) is 0 Å². The molecule has 0 nitrogen and oxygen atoms in total. The molecule has 0 fully saturated rings. The maximum atomic E-state index is 0. The molecule has 3 radical (unpaired) electrons. The molecule has 0 aromatic rings. The van der Waals surface area contributed by atoms with E-state index in [1.807, 2.05) is 0 Å². The van der Waals surface area contributed by atoms with E-state index in [0.29, 0.717) is 0 Å². The van der Waals surface area contributed by atoms with Crippen LogP contribution >= 0.6 is 0 Å². The van der Waals surface area contributed by atoms with E-state index in [2.05, 4.69) is 0 Å². The van der Waals surface area contributed by atoms with E-state index in [0.717, 1.165) is 0 Å². The summed E-state index contributed by atoms with van der Waals surface area (Å²) in [5.74, 6) is 0. The van der Waals surface area contributed by atoms with Crippen LogP contribution in [0.25, 0.3) is 0 Å². The van der Waals surface area contributed by atoms with Crippen LogP contribution in [0.4, 0.5) is 0 Å². The molecule has 0 unspecified atom stereocenters. The minimum Gasteiger partial charge on any atom is 0 e. The molecule has 0 aliphatic rings. The molecule has 0 amide bonds. The molecule has 0 aliphatic carbocycles. The van der Waals surface area contributed by atoms with Crippen LogP contribution in [-0.4, -0.2) is 0 Å². The van der Waals surface area contributed by atoms with E-state index in [1.165, 1.54) is 0 Å². The van der Waals surface area contributed by atoms with E-state index < -0.39 is 0 Å². The Bertz CT molecular complexity index is 6.00. The Morgan fingerprint density at radius 1 is 0.750 bits per heavy atom. The molecule has 0 aromatic carbocycles. The fourth-order valence-corrected chi connectivity index (χ4v) is 0. The van der Waals surface area contributed by atoms with E-state index in [4.69, 9.17) is 0 Å². The van der Waals surface area contributed by atoms with Gasteiger partial charge < -0.3 is 0 Å². The van der Waals surface area contributed by atoms with Gasteiger partial charge in [-0.1, -0.05) is 0 Å². The van der Waals surface area contributed by atoms with E-state index in [9.17, 15) is 0 Å². The zero-order valence-corrected chi connectivity index (χ0v) is 10.4. The molecule has 0 spiro atoms. The molecular formula is V2WY. The summed E-state index contributed by atoms with van der Waals surface area (Å²) in [6.45, 7) is 0. The Balaban J connectivity index is 0. The van der Waals surface area contributed by atoms with Gasteiger partial charge in [0.2, 0.25) is 0 Å². The van der Waals surface area contributed by atoms with Gasteiger partial charge in [-0.3, -0.25) is 0 Å². The van der Waals surface area contributed by atoms with Crippen molar-refractivity contribution < 1.29 is 90.9 Å². The predicted octanol–water partition coefficient (Wildman–Crippen LogP) is -0.0100. The Morgan fingerprint density at radius 3 is 0.750 bits per heavy atom. The number of hydrogen-bond acceptors (Lipinski definition) is 0. The van der Waals surface area contributed by atoms with Crippen molar-refractivity contribution in [2.45, 2.75) is 0 Å². The first-order valence-corrected chi connectivity index (χ1v) is 0. The average Bonchev–Trinajstić information content (AvgIpc) is 0. The molecule has 0 saturated heterocycles. The second-order valence-corrected chi connectivity index (χ2v) is 0. The van der Waals surface area contributed by atoms with E-state index in [-0.39, 0.29) is 90.9 Å². The standard InChI is InChI=1S/2V.W.Y. The van der Waals surface area contributed by atoms with Crippen LogP contribution in [-0.2, 0) is 90.9 Å². The van der Waals surface area contributed by atoms with E-state index in [1.54, 1.807) is 0 Å². The van der Waals surface area contributed by atoms with Crippen LogP contribution in [0.5, 0.6) is 0 Å². The van der Waals surface area contributed by atoms with Gasteiger partial charge in [-0.25, -0.2) is 0 Å². The van der Waals surface area contributed by atoms with Gasteiger partial charge in [0, 0.05) is 90.9 Å². The molecule has 0 N–H and O–H groups in total. The molecule has 19 valence electrons. The van der Waals surface area contributed by atoms with Gasteiger partial charge in [-0.2, -0.15) is 0 Å². The van der Waals surface area contributed by atoms with Crippen molar-refractivity contribution in [2.24, 2.45) is 0 Å². The average molecular weight is 375 g/mol. The van der Waals surface area contributed by atoms with Gasteiger partial charge in [0.05, 0.1) is 0 Å². The first kappa shape index (κ1) is 28.2. The number of hydrogen-bond donors (Lipinski definition) is 0. The summed E-state index contributed by atoms with van der Waals surface area (Å²) in [5.41, 5.74) is 0. The molecule has 0 saturated carbocycles. The fraction of sp³-hybridized carbons (Fsp3) is 0. The molecule has 0 atom stereocenters. The van der Waals surface area contributed by atoms with Crippen molar-refractivity contribution in [2.75, 3.05) is 0 Å². The summed E-state index contributed by atoms with van der Waals surface area (Å²) >= 11 is 0. The van der Waals surface area contributed by atoms with Crippen LogP contribution < -0.4 is 0 Å². The summed E-state index contributed by atoms with van der Waals surface area (Å²) in [5, 5.41) is 0. The van der Waals surface area contributed by atoms with Crippen LogP contribution in [0.15, 0.2) is 0 Å². The van der Waals surface area contributed by atoms with Crippen molar-refractivity contribution in [3.8, 4) is 0 Å². The zero-order valence-electron chi connectivity index (χ0n) is 1.88. The quantitative estimate of drug-likeness (QED) is 0.560. The van der Waals surface area contributed by atoms with Crippen LogP contribution in [0.1, 0.15) is 0 Å². The van der Waals surface area contributed by atoms with Crippen LogP contribution in [0.3, 0.4) is 0 Å². The summed E-state index contributed by atoms with van der Waals surface area (Å²) in [6, 6.07) is 0. The Labute approximate surface area is 89.2 Å². The smallest absolute Gasteiger partial charge is 0 e. The molecule has 0 aliphatic heterocycles. The van der Waals surface area contributed by atoms with Crippen molar-refractivity contribution in [1.82, 2.24) is 0 Å². The molecule has 0 rings (SSSR count). The molecular weight excluding hydrogens is 375 g/mol.